The van der Waals surface area contributed by atoms with Crippen LogP contribution in [0.15, 0.2) is 42.0 Å². The number of aryl methyl sites for hydroxylation is 2. The first-order valence-electron chi connectivity index (χ1n) is 11.5. The second kappa shape index (κ2) is 10.6. The lowest BCUT2D eigenvalue weighted by Gasteiger charge is -2.26. The van der Waals surface area contributed by atoms with Gasteiger partial charge in [-0.3, -0.25) is 9.59 Å². The highest BCUT2D eigenvalue weighted by Crippen LogP contribution is 2.41. The number of ether oxygens (including phenoxy) is 2. The van der Waals surface area contributed by atoms with Gasteiger partial charge in [-0.1, -0.05) is 31.9 Å². The normalized spacial score (nSPS) is 17.5. The van der Waals surface area contributed by atoms with Crippen LogP contribution in [0.25, 0.3) is 5.76 Å². The molecule has 1 fully saturated rings. The van der Waals surface area contributed by atoms with E-state index in [0.717, 1.165) is 36.0 Å². The third-order valence-electron chi connectivity index (χ3n) is 6.02. The van der Waals surface area contributed by atoms with Gasteiger partial charge in [0.1, 0.15) is 17.3 Å². The van der Waals surface area contributed by atoms with E-state index < -0.39 is 17.7 Å². The predicted molar refractivity (Wildman–Crippen MR) is 129 cm³/mol. The number of nitrogens with zero attached hydrogens (tertiary/aromatic N) is 1. The van der Waals surface area contributed by atoms with Crippen LogP contribution < -0.4 is 9.47 Å². The Kier molecular flexibility index (Phi) is 7.79. The highest BCUT2D eigenvalue weighted by Gasteiger charge is 2.46. The van der Waals surface area contributed by atoms with Gasteiger partial charge in [0.15, 0.2) is 0 Å². The van der Waals surface area contributed by atoms with E-state index in [2.05, 4.69) is 6.92 Å². The van der Waals surface area contributed by atoms with Crippen LogP contribution in [0.1, 0.15) is 61.4 Å². The summed E-state index contributed by atoms with van der Waals surface area (Å²) < 4.78 is 11.0. The van der Waals surface area contributed by atoms with Crippen molar-refractivity contribution in [3.8, 4) is 11.5 Å². The molecule has 0 aromatic heterocycles. The topological polar surface area (TPSA) is 76.1 Å². The number of hydrogen-bond donors (Lipinski definition) is 1. The first kappa shape index (κ1) is 24.4. The van der Waals surface area contributed by atoms with Gasteiger partial charge >= 0.3 is 0 Å². The third kappa shape index (κ3) is 4.90. The molecule has 1 N–H and O–H groups in total. The largest absolute Gasteiger partial charge is 0.507 e. The summed E-state index contributed by atoms with van der Waals surface area (Å²) in [5, 5.41) is 11.4. The zero-order valence-electron chi connectivity index (χ0n) is 20.1. The molecule has 2 aromatic carbocycles. The van der Waals surface area contributed by atoms with Crippen LogP contribution in [-0.2, 0) is 9.59 Å². The van der Waals surface area contributed by atoms with E-state index in [-0.39, 0.29) is 11.3 Å². The van der Waals surface area contributed by atoms with E-state index in [9.17, 15) is 14.7 Å². The molecule has 0 radical (unpaired) electrons. The van der Waals surface area contributed by atoms with Gasteiger partial charge in [0.25, 0.3) is 11.7 Å². The molecule has 1 amide bonds. The lowest BCUT2D eigenvalue weighted by Crippen LogP contribution is -2.30. The van der Waals surface area contributed by atoms with Gasteiger partial charge in [-0.25, -0.2) is 0 Å². The number of rotatable bonds is 9. The Balaban J connectivity index is 2.18. The minimum absolute atomic E-state index is 0.109. The molecule has 0 bridgehead atoms. The molecule has 1 unspecified atom stereocenters. The predicted octanol–water partition coefficient (Wildman–Crippen LogP) is 5.32. The highest BCUT2D eigenvalue weighted by molar-refractivity contribution is 6.46. The lowest BCUT2D eigenvalue weighted by molar-refractivity contribution is -0.139. The zero-order chi connectivity index (χ0) is 24.1. The standard InChI is InChI=1S/C27H33NO5/c1-6-8-9-13-28-24(19-11-10-12-20(16-19)33-7-2)23(26(30)27(28)31)25(29)21-14-18(4)22(32-5)15-17(21)3/h10-12,14-16,24,29H,6-9,13H2,1-5H3/b25-23+. The fourth-order valence-electron chi connectivity index (χ4n) is 4.34. The number of likely N-dealkylation sites (tertiary alicyclic amines) is 1. The number of aliphatic hydroxyl groups excluding tert-OH is 1. The van der Waals surface area contributed by atoms with E-state index >= 15 is 0 Å². The molecule has 2 aromatic rings. The summed E-state index contributed by atoms with van der Waals surface area (Å²) in [5.74, 6) is -0.0527. The highest BCUT2D eigenvalue weighted by atomic mass is 16.5. The number of carbonyl (C=O) groups excluding carboxylic acids is 2. The van der Waals surface area contributed by atoms with Crippen LogP contribution in [0.3, 0.4) is 0 Å². The third-order valence-corrected chi connectivity index (χ3v) is 6.02. The molecule has 1 heterocycles. The summed E-state index contributed by atoms with van der Waals surface area (Å²) in [6, 6.07) is 10.3. The van der Waals surface area contributed by atoms with Crippen LogP contribution in [0.2, 0.25) is 0 Å². The van der Waals surface area contributed by atoms with E-state index in [1.807, 2.05) is 51.1 Å². The summed E-state index contributed by atoms with van der Waals surface area (Å²) in [5.41, 5.74) is 2.95. The lowest BCUT2D eigenvalue weighted by atomic mass is 9.93. The average molecular weight is 452 g/mol. The van der Waals surface area contributed by atoms with Gasteiger partial charge in [-0.05, 0) is 68.1 Å². The SMILES string of the molecule is CCCCCN1C(=O)C(=O)/C(=C(/O)c2cc(C)c(OC)cc2C)C1c1cccc(OCC)c1. The smallest absolute Gasteiger partial charge is 0.295 e. The van der Waals surface area contributed by atoms with E-state index in [1.165, 1.54) is 0 Å². The number of Topliss-reactive ketones (excluding diaryl/α,β-unsaturated/α-hetero) is 1. The van der Waals surface area contributed by atoms with Crippen LogP contribution in [0.4, 0.5) is 0 Å². The van der Waals surface area contributed by atoms with Crippen molar-refractivity contribution in [1.82, 2.24) is 4.90 Å². The number of amides is 1. The molecular formula is C27H33NO5. The van der Waals surface area contributed by atoms with Gasteiger partial charge in [0, 0.05) is 12.1 Å². The molecule has 3 rings (SSSR count). The second-order valence-corrected chi connectivity index (χ2v) is 8.34. The molecule has 0 saturated carbocycles. The number of ketones is 1. The number of methoxy groups -OCH3 is 1. The Morgan fingerprint density at radius 1 is 1.06 bits per heavy atom. The summed E-state index contributed by atoms with van der Waals surface area (Å²) in [6.07, 6.45) is 2.73. The number of carbonyl (C=O) groups is 2. The van der Waals surface area contributed by atoms with Crippen molar-refractivity contribution in [3.05, 3.63) is 64.2 Å². The van der Waals surface area contributed by atoms with Gasteiger partial charge in [-0.15, -0.1) is 0 Å². The molecule has 6 heteroatoms. The fraction of sp³-hybridized carbons (Fsp3) is 0.407. The molecular weight excluding hydrogens is 418 g/mol. The quantitative estimate of drug-likeness (QED) is 0.242. The van der Waals surface area contributed by atoms with Gasteiger partial charge in [-0.2, -0.15) is 0 Å². The molecule has 0 spiro atoms. The maximum atomic E-state index is 13.2. The Morgan fingerprint density at radius 3 is 2.48 bits per heavy atom. The van der Waals surface area contributed by atoms with Gasteiger partial charge in [0.2, 0.25) is 0 Å². The van der Waals surface area contributed by atoms with E-state index in [4.69, 9.17) is 9.47 Å². The van der Waals surface area contributed by atoms with Crippen molar-refractivity contribution in [1.29, 1.82) is 0 Å². The number of unbranched alkanes of at least 4 members (excludes halogenated alkanes) is 2. The maximum absolute atomic E-state index is 13.2. The van der Waals surface area contributed by atoms with Gasteiger partial charge in [0.05, 0.1) is 25.3 Å². The monoisotopic (exact) mass is 451 g/mol. The summed E-state index contributed by atoms with van der Waals surface area (Å²) in [7, 11) is 1.59. The Morgan fingerprint density at radius 2 is 1.82 bits per heavy atom. The molecule has 1 aliphatic rings. The minimum atomic E-state index is -0.677. The molecule has 33 heavy (non-hydrogen) atoms. The van der Waals surface area contributed by atoms with Crippen molar-refractivity contribution >= 4 is 17.4 Å². The Hall–Kier alpha value is -3.28. The summed E-state index contributed by atoms with van der Waals surface area (Å²) in [4.78, 5) is 27.9. The molecule has 1 saturated heterocycles. The van der Waals surface area contributed by atoms with Gasteiger partial charge < -0.3 is 19.5 Å². The first-order chi connectivity index (χ1) is 15.8. The zero-order valence-corrected chi connectivity index (χ0v) is 20.1. The molecule has 1 aliphatic heterocycles. The minimum Gasteiger partial charge on any atom is -0.507 e. The molecule has 0 aliphatic carbocycles. The van der Waals surface area contributed by atoms with Crippen LogP contribution in [0.5, 0.6) is 11.5 Å². The van der Waals surface area contributed by atoms with Crippen LogP contribution >= 0.6 is 0 Å². The van der Waals surface area contributed by atoms with E-state index in [0.29, 0.717) is 30.2 Å². The maximum Gasteiger partial charge on any atom is 0.295 e. The van der Waals surface area contributed by atoms with Crippen LogP contribution in [-0.4, -0.2) is 42.0 Å². The first-order valence-corrected chi connectivity index (χ1v) is 11.5. The Labute approximate surface area is 195 Å². The van der Waals surface area contributed by atoms with Crippen LogP contribution in [0, 0.1) is 13.8 Å². The number of hydrogen-bond acceptors (Lipinski definition) is 5. The molecule has 6 nitrogen and oxygen atoms in total. The van der Waals surface area contributed by atoms with Crippen molar-refractivity contribution in [3.63, 3.8) is 0 Å². The number of benzene rings is 2. The van der Waals surface area contributed by atoms with Crippen molar-refractivity contribution in [2.45, 2.75) is 53.0 Å². The summed E-state index contributed by atoms with van der Waals surface area (Å²) in [6.45, 7) is 8.66. The average Bonchev–Trinajstić information content (AvgIpc) is 3.05. The molecule has 1 atom stereocenters. The fourth-order valence-corrected chi connectivity index (χ4v) is 4.34. The van der Waals surface area contributed by atoms with Crippen molar-refractivity contribution < 1.29 is 24.2 Å². The second-order valence-electron chi connectivity index (χ2n) is 8.34. The Bertz CT molecular complexity index is 1070. The summed E-state index contributed by atoms with van der Waals surface area (Å²) >= 11 is 0. The van der Waals surface area contributed by atoms with Crippen molar-refractivity contribution in [2.75, 3.05) is 20.3 Å². The van der Waals surface area contributed by atoms with E-state index in [1.54, 1.807) is 18.1 Å². The number of aliphatic hydroxyl groups is 1. The van der Waals surface area contributed by atoms with Crippen molar-refractivity contribution in [2.24, 2.45) is 0 Å². The molecule has 176 valence electrons.